The molecule has 2 amide bonds. The number of nitrogens with one attached hydrogen (secondary N) is 1. The number of aliphatic hydroxyl groups excluding tert-OH is 1. The van der Waals surface area contributed by atoms with Gasteiger partial charge in [0.2, 0.25) is 5.91 Å². The number of halogens is 5. The largest absolute Gasteiger partial charge is 0.508 e. The molecule has 0 bridgehead atoms. The molecule has 14 heteroatoms. The Morgan fingerprint density at radius 1 is 0.833 bits per heavy atom. The van der Waals surface area contributed by atoms with Gasteiger partial charge in [0.05, 0.1) is 34.5 Å². The summed E-state index contributed by atoms with van der Waals surface area (Å²) in [7, 11) is 0. The van der Waals surface area contributed by atoms with E-state index in [2.05, 4.69) is 10.5 Å². The van der Waals surface area contributed by atoms with Crippen LogP contribution in [0.25, 0.3) is 16.9 Å². The van der Waals surface area contributed by atoms with Crippen LogP contribution >= 0.6 is 34.8 Å². The number of phenolic OH excluding ortho intramolecular Hbond substituents is 1. The molecule has 8 rings (SSSR count). The summed E-state index contributed by atoms with van der Waals surface area (Å²) in [6.45, 7) is 3.58. The van der Waals surface area contributed by atoms with Crippen molar-refractivity contribution < 1.29 is 28.6 Å². The predicted octanol–water partition coefficient (Wildman–Crippen LogP) is 10.8. The summed E-state index contributed by atoms with van der Waals surface area (Å²) in [5, 5.41) is 28.3. The molecule has 3 heterocycles. The van der Waals surface area contributed by atoms with Crippen molar-refractivity contribution in [3.8, 4) is 22.7 Å². The van der Waals surface area contributed by atoms with Gasteiger partial charge in [-0.3, -0.25) is 15.0 Å². The molecule has 2 fully saturated rings. The van der Waals surface area contributed by atoms with Gasteiger partial charge in [0, 0.05) is 39.9 Å². The number of aromatic hydroxyl groups is 1. The molecule has 310 valence electrons. The average Bonchev–Trinajstić information content (AvgIpc) is 3.58. The second-order valence-electron chi connectivity index (χ2n) is 14.8. The first-order chi connectivity index (χ1) is 28.9. The van der Waals surface area contributed by atoms with E-state index in [1.807, 2.05) is 36.2 Å². The standard InChI is InChI=1S/C24H21F2NO3.C22H21Cl3N4O/c25-17-5-1-15(2-6-17)22(29)14-13-21-23(16-3-11-20(28)12-4-16)27(24(21)30)19-9-7-18(26)8-10-19;1-14-20(22(30)27-28-11-3-2-4-12-28)26-29(19-10-9-17(24)13-18(19)25)21(14)15-5-7-16(23)8-6-15/h1-12,21-23,28-29H,13-14H2;5-10,13H,2-4,11-12H2,1H3,(H,27,30)/t21-,22+,23-;/m1./s1. The zero-order valence-electron chi connectivity index (χ0n) is 32.5. The zero-order chi connectivity index (χ0) is 42.5. The van der Waals surface area contributed by atoms with Crippen molar-refractivity contribution in [2.24, 2.45) is 5.92 Å². The van der Waals surface area contributed by atoms with Gasteiger partial charge in [-0.05, 0) is 123 Å². The maximum atomic E-state index is 13.3. The highest BCUT2D eigenvalue weighted by Crippen LogP contribution is 2.46. The van der Waals surface area contributed by atoms with Gasteiger partial charge in [-0.2, -0.15) is 5.10 Å². The molecule has 60 heavy (non-hydrogen) atoms. The topological polar surface area (TPSA) is 111 Å². The van der Waals surface area contributed by atoms with E-state index in [1.54, 1.807) is 64.2 Å². The molecular formula is C46H42Cl3F2N5O4. The van der Waals surface area contributed by atoms with Gasteiger partial charge < -0.3 is 15.1 Å². The first-order valence-corrected chi connectivity index (χ1v) is 20.7. The summed E-state index contributed by atoms with van der Waals surface area (Å²) < 4.78 is 28.1. The molecule has 5 aromatic carbocycles. The van der Waals surface area contributed by atoms with E-state index in [0.717, 1.165) is 48.3 Å². The molecule has 6 aromatic rings. The number of rotatable bonds is 10. The first-order valence-electron chi connectivity index (χ1n) is 19.6. The highest BCUT2D eigenvalue weighted by molar-refractivity contribution is 6.35. The van der Waals surface area contributed by atoms with E-state index in [9.17, 15) is 28.6 Å². The number of phenols is 1. The molecule has 3 N–H and O–H groups in total. The van der Waals surface area contributed by atoms with Crippen molar-refractivity contribution in [2.45, 2.75) is 51.2 Å². The van der Waals surface area contributed by atoms with Crippen LogP contribution in [0, 0.1) is 24.5 Å². The lowest BCUT2D eigenvalue weighted by molar-refractivity contribution is -0.131. The highest BCUT2D eigenvalue weighted by atomic mass is 35.5. The predicted molar refractivity (Wildman–Crippen MR) is 230 cm³/mol. The van der Waals surface area contributed by atoms with Gasteiger partial charge in [-0.1, -0.05) is 77.6 Å². The third-order valence-electron chi connectivity index (χ3n) is 10.8. The lowest BCUT2D eigenvalue weighted by Gasteiger charge is -2.48. The zero-order valence-corrected chi connectivity index (χ0v) is 34.8. The molecule has 0 unspecified atom stereocenters. The number of β-lactam (4-membered cyclic amide) rings is 1. The van der Waals surface area contributed by atoms with Gasteiger partial charge in [0.25, 0.3) is 5.91 Å². The van der Waals surface area contributed by atoms with E-state index in [-0.39, 0.29) is 41.2 Å². The van der Waals surface area contributed by atoms with Crippen molar-refractivity contribution >= 4 is 52.3 Å². The Kier molecular flexibility index (Phi) is 13.5. The van der Waals surface area contributed by atoms with E-state index >= 15 is 0 Å². The molecule has 0 spiro atoms. The van der Waals surface area contributed by atoms with E-state index in [1.165, 1.54) is 42.8 Å². The fourth-order valence-corrected chi connectivity index (χ4v) is 8.26. The quantitative estimate of drug-likeness (QED) is 0.118. The van der Waals surface area contributed by atoms with Crippen molar-refractivity contribution in [1.29, 1.82) is 0 Å². The molecule has 3 atom stereocenters. The minimum absolute atomic E-state index is 0.106. The van der Waals surface area contributed by atoms with Crippen LogP contribution in [0.4, 0.5) is 14.5 Å². The summed E-state index contributed by atoms with van der Waals surface area (Å²) in [4.78, 5) is 27.6. The lowest BCUT2D eigenvalue weighted by Crippen LogP contribution is -2.55. The maximum Gasteiger partial charge on any atom is 0.286 e. The Labute approximate surface area is 361 Å². The number of benzene rings is 5. The monoisotopic (exact) mass is 871 g/mol. The summed E-state index contributed by atoms with van der Waals surface area (Å²) in [6, 6.07) is 30.4. The summed E-state index contributed by atoms with van der Waals surface area (Å²) in [5.74, 6) is -1.33. The molecule has 1 aromatic heterocycles. The third kappa shape index (κ3) is 9.67. The van der Waals surface area contributed by atoms with Crippen molar-refractivity contribution in [1.82, 2.24) is 20.2 Å². The Morgan fingerprint density at radius 2 is 1.45 bits per heavy atom. The molecule has 2 aliphatic heterocycles. The molecule has 2 saturated heterocycles. The summed E-state index contributed by atoms with van der Waals surface area (Å²) in [5.41, 5.74) is 8.45. The van der Waals surface area contributed by atoms with E-state index in [4.69, 9.17) is 34.8 Å². The van der Waals surface area contributed by atoms with Crippen LogP contribution in [-0.2, 0) is 4.79 Å². The smallest absolute Gasteiger partial charge is 0.286 e. The second kappa shape index (κ2) is 19.0. The number of anilines is 1. The molecule has 0 radical (unpaired) electrons. The Hall–Kier alpha value is -5.30. The number of carbonyl (C=O) groups excluding carboxylic acids is 2. The number of aliphatic hydroxyl groups is 1. The van der Waals surface area contributed by atoms with Gasteiger partial charge in [0.1, 0.15) is 17.4 Å². The molecule has 9 nitrogen and oxygen atoms in total. The Balaban J connectivity index is 0.000000181. The minimum atomic E-state index is -0.807. The van der Waals surface area contributed by atoms with Gasteiger partial charge in [-0.15, -0.1) is 0 Å². The van der Waals surface area contributed by atoms with E-state index in [0.29, 0.717) is 50.5 Å². The van der Waals surface area contributed by atoms with E-state index < -0.39 is 6.10 Å². The van der Waals surface area contributed by atoms with Crippen molar-refractivity contribution in [2.75, 3.05) is 18.0 Å². The number of amides is 2. The number of carbonyl (C=O) groups is 2. The molecule has 0 saturated carbocycles. The summed E-state index contributed by atoms with van der Waals surface area (Å²) in [6.07, 6.45) is 3.30. The van der Waals surface area contributed by atoms with Crippen molar-refractivity contribution in [3.63, 3.8) is 0 Å². The van der Waals surface area contributed by atoms with Crippen LogP contribution in [0.5, 0.6) is 5.75 Å². The van der Waals surface area contributed by atoms with Crippen LogP contribution < -0.4 is 10.3 Å². The van der Waals surface area contributed by atoms with Gasteiger partial charge in [-0.25, -0.2) is 18.5 Å². The van der Waals surface area contributed by atoms with Gasteiger partial charge >= 0.3 is 0 Å². The number of piperidine rings is 1. The summed E-state index contributed by atoms with van der Waals surface area (Å²) >= 11 is 18.6. The maximum absolute atomic E-state index is 13.3. The Bertz CT molecular complexity index is 2440. The van der Waals surface area contributed by atoms with Gasteiger partial charge in [0.15, 0.2) is 5.69 Å². The molecule has 0 aliphatic carbocycles. The third-order valence-corrected chi connectivity index (χ3v) is 11.6. The number of aromatic nitrogens is 2. The SMILES string of the molecule is Cc1c(C(=O)NN2CCCCC2)nn(-c2ccc(Cl)cc2Cl)c1-c1ccc(Cl)cc1.O=C1[C@H](CC[C@H](O)c2ccc(F)cc2)[C@@H](c2ccc(O)cc2)N1c1ccc(F)cc1. The fourth-order valence-electron chi connectivity index (χ4n) is 7.65. The molecule has 2 aliphatic rings. The lowest BCUT2D eigenvalue weighted by atomic mass is 9.78. The minimum Gasteiger partial charge on any atom is -0.508 e. The normalized spacial score (nSPS) is 17.1. The Morgan fingerprint density at radius 3 is 2.08 bits per heavy atom. The van der Waals surface area contributed by atoms with Crippen molar-refractivity contribution in [3.05, 3.63) is 164 Å². The number of hydrogen-bond acceptors (Lipinski definition) is 6. The number of hydrazine groups is 1. The highest BCUT2D eigenvalue weighted by Gasteiger charge is 2.48. The number of nitrogens with zero attached hydrogens (tertiary/aromatic N) is 4. The van der Waals surface area contributed by atoms with Crippen LogP contribution in [0.2, 0.25) is 15.1 Å². The van der Waals surface area contributed by atoms with Crippen LogP contribution in [0.15, 0.2) is 115 Å². The van der Waals surface area contributed by atoms with Crippen LogP contribution in [0.1, 0.15) is 71.4 Å². The fraction of sp³-hybridized carbons (Fsp3) is 0.239. The number of hydrogen-bond donors (Lipinski definition) is 3. The van der Waals surface area contributed by atoms with Crippen LogP contribution in [-0.4, -0.2) is 49.9 Å². The first kappa shape index (κ1) is 42.8. The second-order valence-corrected chi connectivity index (χ2v) is 16.1. The molecular weight excluding hydrogens is 831 g/mol. The average molecular weight is 873 g/mol. The van der Waals surface area contributed by atoms with Crippen LogP contribution in [0.3, 0.4) is 0 Å².